The Morgan fingerprint density at radius 3 is 2.41 bits per heavy atom. The molecule has 0 radical (unpaired) electrons. The Morgan fingerprint density at radius 2 is 1.76 bits per heavy atom. The van der Waals surface area contributed by atoms with Crippen molar-refractivity contribution < 1.29 is 26.0 Å². The number of sulfonamides is 2. The first-order valence-electron chi connectivity index (χ1n) is 8.40. The quantitative estimate of drug-likeness (QED) is 0.544. The van der Waals surface area contributed by atoms with Gasteiger partial charge in [-0.05, 0) is 42.5 Å². The van der Waals surface area contributed by atoms with E-state index in [0.717, 1.165) is 11.6 Å². The molecule has 29 heavy (non-hydrogen) atoms. The van der Waals surface area contributed by atoms with Gasteiger partial charge in [0.05, 0.1) is 22.6 Å². The van der Waals surface area contributed by atoms with Gasteiger partial charge >= 0.3 is 0 Å². The maximum Gasteiger partial charge on any atom is 0.240 e. The molecular weight excluding hydrogens is 418 g/mol. The fourth-order valence-corrected chi connectivity index (χ4v) is 4.21. The van der Waals surface area contributed by atoms with Crippen LogP contribution in [0.25, 0.3) is 11.5 Å². The van der Waals surface area contributed by atoms with Gasteiger partial charge in [-0.3, -0.25) is 0 Å². The van der Waals surface area contributed by atoms with Crippen LogP contribution >= 0.6 is 0 Å². The molecule has 0 atom stereocenters. The Labute approximate surface area is 168 Å². The zero-order chi connectivity index (χ0) is 21.1. The number of nitrogens with zero attached hydrogens (tertiary/aromatic N) is 1. The molecule has 0 bridgehead atoms. The molecule has 3 rings (SSSR count). The van der Waals surface area contributed by atoms with E-state index in [1.54, 1.807) is 31.4 Å². The number of aromatic nitrogens is 1. The van der Waals surface area contributed by atoms with Gasteiger partial charge in [-0.25, -0.2) is 31.7 Å². The van der Waals surface area contributed by atoms with Gasteiger partial charge in [-0.2, -0.15) is 0 Å². The van der Waals surface area contributed by atoms with Gasteiger partial charge in [0.25, 0.3) is 0 Å². The van der Waals surface area contributed by atoms with E-state index in [1.807, 2.05) is 0 Å². The Bertz CT molecular complexity index is 1200. The molecule has 0 amide bonds. The first-order valence-corrected chi connectivity index (χ1v) is 11.4. The van der Waals surface area contributed by atoms with Crippen molar-refractivity contribution in [2.24, 2.45) is 5.14 Å². The molecule has 0 aliphatic rings. The fraction of sp³-hybridized carbons (Fsp3) is 0.167. The number of rotatable bonds is 8. The monoisotopic (exact) mass is 437 g/mol. The topological polar surface area (TPSA) is 142 Å². The number of oxazole rings is 1. The van der Waals surface area contributed by atoms with Gasteiger partial charge in [0.15, 0.2) is 0 Å². The molecule has 154 valence electrons. The minimum absolute atomic E-state index is 0.0521. The minimum atomic E-state index is -4.00. The highest BCUT2D eigenvalue weighted by Crippen LogP contribution is 2.22. The molecule has 11 heteroatoms. The van der Waals surface area contributed by atoms with Crippen molar-refractivity contribution in [2.75, 3.05) is 13.7 Å². The smallest absolute Gasteiger partial charge is 0.240 e. The number of primary sulfonamides is 1. The van der Waals surface area contributed by atoms with Crippen molar-refractivity contribution in [3.8, 4) is 17.2 Å². The molecular formula is C18H19N3O6S2. The van der Waals surface area contributed by atoms with Gasteiger partial charge in [0, 0.05) is 18.5 Å². The van der Waals surface area contributed by atoms with Crippen LogP contribution in [-0.4, -0.2) is 35.5 Å². The van der Waals surface area contributed by atoms with Gasteiger partial charge in [-0.15, -0.1) is 0 Å². The summed E-state index contributed by atoms with van der Waals surface area (Å²) in [7, 11) is -6.33. The van der Waals surface area contributed by atoms with Gasteiger partial charge < -0.3 is 9.15 Å². The summed E-state index contributed by atoms with van der Waals surface area (Å²) >= 11 is 0. The van der Waals surface area contributed by atoms with Crippen LogP contribution in [0.2, 0.25) is 0 Å². The molecule has 2 aromatic carbocycles. The minimum Gasteiger partial charge on any atom is -0.497 e. The van der Waals surface area contributed by atoms with Crippen LogP contribution in [0.5, 0.6) is 5.75 Å². The van der Waals surface area contributed by atoms with E-state index in [0.29, 0.717) is 17.3 Å². The first-order chi connectivity index (χ1) is 13.7. The number of ether oxygens (including phenoxy) is 1. The fourth-order valence-electron chi connectivity index (χ4n) is 2.50. The van der Waals surface area contributed by atoms with Crippen molar-refractivity contribution in [1.29, 1.82) is 0 Å². The number of hydrogen-bond donors (Lipinski definition) is 2. The maximum atomic E-state index is 12.4. The summed E-state index contributed by atoms with van der Waals surface area (Å²) in [5.41, 5.74) is 1.33. The second-order valence-electron chi connectivity index (χ2n) is 6.04. The molecule has 9 nitrogen and oxygen atoms in total. The Hall–Kier alpha value is -2.73. The molecule has 3 N–H and O–H groups in total. The second-order valence-corrected chi connectivity index (χ2v) is 9.37. The Balaban J connectivity index is 1.64. The van der Waals surface area contributed by atoms with Crippen molar-refractivity contribution in [3.05, 3.63) is 60.5 Å². The van der Waals surface area contributed by atoms with E-state index >= 15 is 0 Å². The molecule has 0 saturated carbocycles. The van der Waals surface area contributed by atoms with Crippen LogP contribution in [0.1, 0.15) is 5.69 Å². The van der Waals surface area contributed by atoms with E-state index in [4.69, 9.17) is 14.3 Å². The summed E-state index contributed by atoms with van der Waals surface area (Å²) in [6, 6.07) is 12.0. The zero-order valence-electron chi connectivity index (χ0n) is 15.4. The zero-order valence-corrected chi connectivity index (χ0v) is 17.0. The maximum absolute atomic E-state index is 12.4. The van der Waals surface area contributed by atoms with Crippen molar-refractivity contribution in [3.63, 3.8) is 0 Å². The average molecular weight is 437 g/mol. The molecule has 3 aromatic rings. The molecule has 0 fully saturated rings. The highest BCUT2D eigenvalue weighted by Gasteiger charge is 2.17. The lowest BCUT2D eigenvalue weighted by atomic mass is 10.2. The summed E-state index contributed by atoms with van der Waals surface area (Å²) in [5, 5.41) is 5.04. The van der Waals surface area contributed by atoms with Gasteiger partial charge in [-0.1, -0.05) is 6.07 Å². The third-order valence-electron chi connectivity index (χ3n) is 4.01. The summed E-state index contributed by atoms with van der Waals surface area (Å²) in [5.74, 6) is 1.12. The normalized spacial score (nSPS) is 12.1. The molecule has 0 saturated heterocycles. The number of benzene rings is 2. The van der Waals surface area contributed by atoms with Crippen molar-refractivity contribution >= 4 is 20.0 Å². The van der Waals surface area contributed by atoms with E-state index < -0.39 is 20.0 Å². The number of nitrogens with two attached hydrogens (primary N) is 1. The average Bonchev–Trinajstić information content (AvgIpc) is 3.16. The highest BCUT2D eigenvalue weighted by molar-refractivity contribution is 7.90. The van der Waals surface area contributed by atoms with Crippen molar-refractivity contribution in [1.82, 2.24) is 9.71 Å². The molecule has 0 aliphatic heterocycles. The Morgan fingerprint density at radius 1 is 1.07 bits per heavy atom. The lowest BCUT2D eigenvalue weighted by Gasteiger charge is -2.07. The van der Waals surface area contributed by atoms with Gasteiger partial charge in [0.1, 0.15) is 12.0 Å². The van der Waals surface area contributed by atoms with Crippen LogP contribution in [0.3, 0.4) is 0 Å². The first kappa shape index (κ1) is 21.0. The van der Waals surface area contributed by atoms with Crippen LogP contribution in [-0.2, 0) is 26.5 Å². The number of methoxy groups -OCH3 is 1. The lowest BCUT2D eigenvalue weighted by Crippen LogP contribution is -2.26. The van der Waals surface area contributed by atoms with Crippen LogP contribution in [0.15, 0.2) is 69.0 Å². The summed E-state index contributed by atoms with van der Waals surface area (Å²) < 4.78 is 60.5. The lowest BCUT2D eigenvalue weighted by molar-refractivity contribution is 0.415. The third-order valence-corrected chi connectivity index (χ3v) is 6.38. The predicted molar refractivity (Wildman–Crippen MR) is 105 cm³/mol. The number of hydrogen-bond acceptors (Lipinski definition) is 7. The molecule has 0 aliphatic carbocycles. The van der Waals surface area contributed by atoms with E-state index in [9.17, 15) is 16.8 Å². The van der Waals surface area contributed by atoms with Crippen LogP contribution < -0.4 is 14.6 Å². The van der Waals surface area contributed by atoms with E-state index in [2.05, 4.69) is 9.71 Å². The van der Waals surface area contributed by atoms with E-state index in [-0.39, 0.29) is 22.8 Å². The van der Waals surface area contributed by atoms with E-state index in [1.165, 1.54) is 24.5 Å². The SMILES string of the molecule is COc1ccc(-c2nc(CCNS(=O)(=O)c3cccc(S(N)(=O)=O)c3)co2)cc1. The standard InChI is InChI=1S/C18H19N3O6S2/c1-26-15-7-5-13(6-8-15)18-21-14(12-27-18)9-10-20-29(24,25)17-4-2-3-16(11-17)28(19,22)23/h2-8,11-12,20H,9-10H2,1H3,(H2,19,22,23). The number of nitrogens with one attached hydrogen (secondary N) is 1. The summed E-state index contributed by atoms with van der Waals surface area (Å²) in [6.45, 7) is 0.0521. The molecule has 0 unspecified atom stereocenters. The molecule has 1 aromatic heterocycles. The summed E-state index contributed by atoms with van der Waals surface area (Å²) in [4.78, 5) is 3.87. The summed E-state index contributed by atoms with van der Waals surface area (Å²) in [6.07, 6.45) is 1.74. The highest BCUT2D eigenvalue weighted by atomic mass is 32.2. The Kier molecular flexibility index (Phi) is 6.03. The van der Waals surface area contributed by atoms with Gasteiger partial charge in [0.2, 0.25) is 25.9 Å². The third kappa shape index (κ3) is 5.21. The van der Waals surface area contributed by atoms with Crippen molar-refractivity contribution in [2.45, 2.75) is 16.2 Å². The largest absolute Gasteiger partial charge is 0.497 e. The van der Waals surface area contributed by atoms with Crippen LogP contribution in [0.4, 0.5) is 0 Å². The van der Waals surface area contributed by atoms with Crippen LogP contribution in [0, 0.1) is 0 Å². The predicted octanol–water partition coefficient (Wildman–Crippen LogP) is 1.52. The second kappa shape index (κ2) is 8.33. The molecule has 1 heterocycles. The molecule has 0 spiro atoms.